The van der Waals surface area contributed by atoms with E-state index in [-0.39, 0.29) is 0 Å². The van der Waals surface area contributed by atoms with Crippen LogP contribution in [0.3, 0.4) is 0 Å². The van der Waals surface area contributed by atoms with Gasteiger partial charge in [0.05, 0.1) is 46.4 Å². The minimum absolute atomic E-state index is 0.643. The van der Waals surface area contributed by atoms with Crippen LogP contribution in [0.5, 0.6) is 23.0 Å². The van der Waals surface area contributed by atoms with Crippen LogP contribution in [0.2, 0.25) is 0 Å². The molecule has 6 nitrogen and oxygen atoms in total. The summed E-state index contributed by atoms with van der Waals surface area (Å²) in [5.74, 6) is 2.74. The second-order valence-electron chi connectivity index (χ2n) is 8.31. The second-order valence-corrected chi connectivity index (χ2v) is 8.31. The lowest BCUT2D eigenvalue weighted by Gasteiger charge is -2.13. The molecule has 0 unspecified atom stereocenters. The first-order valence-electron chi connectivity index (χ1n) is 11.6. The highest BCUT2D eigenvalue weighted by Gasteiger charge is 2.22. The van der Waals surface area contributed by atoms with Crippen LogP contribution in [-0.2, 0) is 13.0 Å². The molecule has 0 spiro atoms. The van der Waals surface area contributed by atoms with Crippen LogP contribution in [0.4, 0.5) is 0 Å². The van der Waals surface area contributed by atoms with E-state index in [0.29, 0.717) is 29.5 Å². The number of aromatic nitrogens is 2. The number of rotatable bonds is 9. The predicted molar refractivity (Wildman–Crippen MR) is 139 cm³/mol. The number of nitrogens with zero attached hydrogens (tertiary/aromatic N) is 2. The van der Waals surface area contributed by atoms with Gasteiger partial charge in [0.2, 0.25) is 0 Å². The third kappa shape index (κ3) is 4.83. The summed E-state index contributed by atoms with van der Waals surface area (Å²) >= 11 is 0. The molecule has 0 saturated heterocycles. The molecule has 4 aromatic rings. The average molecular weight is 473 g/mol. The third-order valence-electron chi connectivity index (χ3n) is 6.17. The summed E-state index contributed by atoms with van der Waals surface area (Å²) in [6, 6.07) is 20.5. The molecule has 0 aliphatic carbocycles. The van der Waals surface area contributed by atoms with Gasteiger partial charge < -0.3 is 18.9 Å². The highest BCUT2D eigenvalue weighted by Crippen LogP contribution is 2.39. The Morgan fingerprint density at radius 1 is 0.686 bits per heavy atom. The lowest BCUT2D eigenvalue weighted by atomic mass is 9.99. The minimum Gasteiger partial charge on any atom is -0.493 e. The quantitative estimate of drug-likeness (QED) is 0.292. The van der Waals surface area contributed by atoms with Crippen molar-refractivity contribution in [3.8, 4) is 45.5 Å². The van der Waals surface area contributed by atoms with Gasteiger partial charge in [0.25, 0.3) is 0 Å². The van der Waals surface area contributed by atoms with Crippen LogP contribution in [-0.4, -0.2) is 38.2 Å². The Kier molecular flexibility index (Phi) is 7.30. The number of aryl methyl sites for hydroxylation is 1. The molecule has 0 radical (unpaired) electrons. The molecule has 0 bridgehead atoms. The Labute approximate surface area is 207 Å². The summed E-state index contributed by atoms with van der Waals surface area (Å²) in [6.07, 6.45) is 0.807. The van der Waals surface area contributed by atoms with Gasteiger partial charge in [-0.15, -0.1) is 0 Å². The fourth-order valence-corrected chi connectivity index (χ4v) is 4.34. The molecule has 0 fully saturated rings. The maximum Gasteiger partial charge on any atom is 0.161 e. The van der Waals surface area contributed by atoms with Crippen molar-refractivity contribution in [2.24, 2.45) is 0 Å². The van der Waals surface area contributed by atoms with Crippen LogP contribution in [0, 0.1) is 6.92 Å². The molecule has 0 aliphatic heterocycles. The number of methoxy groups -OCH3 is 4. The van der Waals surface area contributed by atoms with Gasteiger partial charge in [-0.25, -0.2) is 0 Å². The topological polar surface area (TPSA) is 54.7 Å². The molecule has 0 saturated carbocycles. The van der Waals surface area contributed by atoms with E-state index in [1.807, 2.05) is 30.3 Å². The molecule has 0 N–H and O–H groups in total. The first-order chi connectivity index (χ1) is 17.0. The molecular weight excluding hydrogens is 440 g/mol. The normalized spacial score (nSPS) is 10.8. The van der Waals surface area contributed by atoms with Gasteiger partial charge in [-0.1, -0.05) is 36.8 Å². The fraction of sp³-hybridized carbons (Fsp3) is 0.276. The molecule has 1 aromatic heterocycles. The molecular formula is C29H32N2O4. The number of hydrogen-bond donors (Lipinski definition) is 0. The first kappa shape index (κ1) is 24.2. The number of ether oxygens (including phenoxy) is 4. The third-order valence-corrected chi connectivity index (χ3v) is 6.17. The Balaban J connectivity index is 1.92. The summed E-state index contributed by atoms with van der Waals surface area (Å²) in [6.45, 7) is 4.89. The van der Waals surface area contributed by atoms with E-state index in [2.05, 4.69) is 48.9 Å². The minimum atomic E-state index is 0.643. The Morgan fingerprint density at radius 3 is 1.77 bits per heavy atom. The van der Waals surface area contributed by atoms with E-state index >= 15 is 0 Å². The smallest absolute Gasteiger partial charge is 0.161 e. The molecule has 3 aromatic carbocycles. The zero-order valence-corrected chi connectivity index (χ0v) is 21.2. The van der Waals surface area contributed by atoms with E-state index in [1.165, 1.54) is 11.1 Å². The number of benzene rings is 3. The van der Waals surface area contributed by atoms with E-state index < -0.39 is 0 Å². The molecule has 0 aliphatic rings. The van der Waals surface area contributed by atoms with Crippen molar-refractivity contribution >= 4 is 0 Å². The monoisotopic (exact) mass is 472 g/mol. The van der Waals surface area contributed by atoms with Crippen molar-refractivity contribution in [1.82, 2.24) is 9.78 Å². The van der Waals surface area contributed by atoms with E-state index in [1.54, 1.807) is 28.4 Å². The molecule has 6 heteroatoms. The van der Waals surface area contributed by atoms with Crippen molar-refractivity contribution < 1.29 is 18.9 Å². The number of hydrogen-bond acceptors (Lipinski definition) is 5. The van der Waals surface area contributed by atoms with Crippen molar-refractivity contribution in [2.45, 2.75) is 26.8 Å². The standard InChI is InChI=1S/C29H32N2O4/c1-7-23-28(21-12-14-24(32-3)26(16-21)34-5)30-31(18-20-10-8-19(2)9-11-20)29(23)22-13-15-25(33-4)27(17-22)35-6/h8-17H,7,18H2,1-6H3. The van der Waals surface area contributed by atoms with Gasteiger partial charge in [0, 0.05) is 16.7 Å². The fourth-order valence-electron chi connectivity index (χ4n) is 4.34. The summed E-state index contributed by atoms with van der Waals surface area (Å²) in [7, 11) is 6.58. The molecule has 0 atom stereocenters. The second kappa shape index (κ2) is 10.6. The van der Waals surface area contributed by atoms with Crippen LogP contribution in [0.25, 0.3) is 22.5 Å². The van der Waals surface area contributed by atoms with Crippen LogP contribution >= 0.6 is 0 Å². The predicted octanol–water partition coefficient (Wildman–Crippen LogP) is 6.17. The van der Waals surface area contributed by atoms with Gasteiger partial charge in [-0.3, -0.25) is 4.68 Å². The lowest BCUT2D eigenvalue weighted by Crippen LogP contribution is -2.05. The van der Waals surface area contributed by atoms with Gasteiger partial charge in [0.1, 0.15) is 0 Å². The van der Waals surface area contributed by atoms with E-state index in [4.69, 9.17) is 24.0 Å². The largest absolute Gasteiger partial charge is 0.493 e. The van der Waals surface area contributed by atoms with Crippen molar-refractivity contribution in [1.29, 1.82) is 0 Å². The molecule has 35 heavy (non-hydrogen) atoms. The maximum absolute atomic E-state index is 5.61. The van der Waals surface area contributed by atoms with Crippen LogP contribution in [0.1, 0.15) is 23.6 Å². The van der Waals surface area contributed by atoms with Gasteiger partial charge in [-0.2, -0.15) is 5.10 Å². The molecule has 1 heterocycles. The summed E-state index contributed by atoms with van der Waals surface area (Å²) in [5, 5.41) is 5.12. The van der Waals surface area contributed by atoms with E-state index in [0.717, 1.165) is 34.5 Å². The summed E-state index contributed by atoms with van der Waals surface area (Å²) in [4.78, 5) is 0. The Morgan fingerprint density at radius 2 is 1.23 bits per heavy atom. The highest BCUT2D eigenvalue weighted by atomic mass is 16.5. The Hall–Kier alpha value is -3.93. The SMILES string of the molecule is CCc1c(-c2ccc(OC)c(OC)c2)nn(Cc2ccc(C)cc2)c1-c1ccc(OC)c(OC)c1. The molecule has 4 rings (SSSR count). The van der Waals surface area contributed by atoms with Gasteiger partial charge in [0.15, 0.2) is 23.0 Å². The highest BCUT2D eigenvalue weighted by molar-refractivity contribution is 5.77. The van der Waals surface area contributed by atoms with Gasteiger partial charge in [-0.05, 0) is 55.3 Å². The van der Waals surface area contributed by atoms with Crippen molar-refractivity contribution in [3.63, 3.8) is 0 Å². The van der Waals surface area contributed by atoms with E-state index in [9.17, 15) is 0 Å². The lowest BCUT2D eigenvalue weighted by molar-refractivity contribution is 0.355. The van der Waals surface area contributed by atoms with Crippen LogP contribution < -0.4 is 18.9 Å². The maximum atomic E-state index is 5.61. The van der Waals surface area contributed by atoms with Gasteiger partial charge >= 0.3 is 0 Å². The zero-order chi connectivity index (χ0) is 24.9. The molecule has 182 valence electrons. The van der Waals surface area contributed by atoms with Crippen molar-refractivity contribution in [3.05, 3.63) is 77.4 Å². The Bertz CT molecular complexity index is 1310. The summed E-state index contributed by atoms with van der Waals surface area (Å²) < 4.78 is 24.2. The van der Waals surface area contributed by atoms with Crippen LogP contribution in [0.15, 0.2) is 60.7 Å². The van der Waals surface area contributed by atoms with Crippen molar-refractivity contribution in [2.75, 3.05) is 28.4 Å². The zero-order valence-electron chi connectivity index (χ0n) is 21.2. The molecule has 0 amide bonds. The average Bonchev–Trinajstić information content (AvgIpc) is 3.27. The summed E-state index contributed by atoms with van der Waals surface area (Å²) in [5.41, 5.74) is 7.53. The first-order valence-corrected chi connectivity index (χ1v) is 11.6.